The molecule has 0 saturated heterocycles. The number of guanidine groups is 1. The predicted molar refractivity (Wildman–Crippen MR) is 91.8 cm³/mol. The van der Waals surface area contributed by atoms with Crippen LogP contribution in [0, 0.1) is 0 Å². The molecular formula is C11H27IN4O2S. The molecular weight excluding hydrogens is 379 g/mol. The summed E-state index contributed by atoms with van der Waals surface area (Å²) < 4.78 is 24.9. The molecule has 0 heterocycles. The van der Waals surface area contributed by atoms with E-state index in [0.29, 0.717) is 13.1 Å². The van der Waals surface area contributed by atoms with Crippen molar-refractivity contribution in [1.82, 2.24) is 15.4 Å². The Bertz CT molecular complexity index is 334. The lowest BCUT2D eigenvalue weighted by Crippen LogP contribution is -2.41. The third-order valence-corrected chi connectivity index (χ3v) is 3.65. The number of unbranched alkanes of at least 4 members (excludes halogenated alkanes) is 1. The maximum atomic E-state index is 11.2. The first-order chi connectivity index (χ1) is 8.55. The molecule has 3 N–H and O–H groups in total. The van der Waals surface area contributed by atoms with Gasteiger partial charge >= 0.3 is 0 Å². The predicted octanol–water partition coefficient (Wildman–Crippen LogP) is 0.899. The fourth-order valence-electron chi connectivity index (χ4n) is 1.18. The molecule has 0 radical (unpaired) electrons. The van der Waals surface area contributed by atoms with Crippen molar-refractivity contribution in [2.24, 2.45) is 4.99 Å². The highest BCUT2D eigenvalue weighted by Crippen LogP contribution is 1.86. The van der Waals surface area contributed by atoms with Crippen LogP contribution in [0.4, 0.5) is 0 Å². The molecule has 0 bridgehead atoms. The van der Waals surface area contributed by atoms with E-state index in [0.717, 1.165) is 31.9 Å². The van der Waals surface area contributed by atoms with Crippen LogP contribution in [0.1, 0.15) is 33.6 Å². The quantitative estimate of drug-likeness (QED) is 0.230. The molecule has 0 saturated carbocycles. The number of sulfonamides is 1. The average molecular weight is 406 g/mol. The van der Waals surface area contributed by atoms with Crippen LogP contribution < -0.4 is 15.4 Å². The van der Waals surface area contributed by atoms with Crippen LogP contribution in [0.25, 0.3) is 0 Å². The van der Waals surface area contributed by atoms with E-state index < -0.39 is 10.0 Å². The Balaban J connectivity index is 0. The minimum absolute atomic E-state index is 0. The zero-order valence-electron chi connectivity index (χ0n) is 12.0. The maximum absolute atomic E-state index is 11.2. The van der Waals surface area contributed by atoms with Gasteiger partial charge in [-0.2, -0.15) is 0 Å². The Kier molecular flexibility index (Phi) is 14.4. The van der Waals surface area contributed by atoms with Crippen LogP contribution in [0.2, 0.25) is 0 Å². The van der Waals surface area contributed by atoms with Gasteiger partial charge < -0.3 is 10.6 Å². The third-order valence-electron chi connectivity index (χ3n) is 2.25. The number of halogens is 1. The molecule has 19 heavy (non-hydrogen) atoms. The molecule has 0 rings (SSSR count). The number of aliphatic imine (C=N–C) groups is 1. The van der Waals surface area contributed by atoms with Crippen molar-refractivity contribution in [2.45, 2.75) is 33.6 Å². The first-order valence-electron chi connectivity index (χ1n) is 6.55. The van der Waals surface area contributed by atoms with E-state index in [-0.39, 0.29) is 29.7 Å². The summed E-state index contributed by atoms with van der Waals surface area (Å²) in [4.78, 5) is 4.37. The highest BCUT2D eigenvalue weighted by Gasteiger charge is 2.04. The van der Waals surface area contributed by atoms with Gasteiger partial charge in [-0.25, -0.2) is 13.1 Å². The standard InChI is InChI=1S/C11H26N4O2S.HI/c1-4-7-8-13-11(12-5-2)14-9-10-15-18(16,17)6-3;/h15H,4-10H2,1-3H3,(H2,12,13,14);1H. The van der Waals surface area contributed by atoms with Gasteiger partial charge in [0.05, 0.1) is 5.75 Å². The maximum Gasteiger partial charge on any atom is 0.211 e. The molecule has 6 nitrogen and oxygen atoms in total. The Hall–Kier alpha value is -0.0900. The van der Waals surface area contributed by atoms with Crippen molar-refractivity contribution in [3.8, 4) is 0 Å². The first kappa shape index (κ1) is 21.2. The monoisotopic (exact) mass is 406 g/mol. The van der Waals surface area contributed by atoms with Gasteiger partial charge in [0.2, 0.25) is 10.0 Å². The number of nitrogens with one attached hydrogen (secondary N) is 3. The third kappa shape index (κ3) is 12.7. The van der Waals surface area contributed by atoms with E-state index in [4.69, 9.17) is 0 Å². The van der Waals surface area contributed by atoms with Crippen molar-refractivity contribution < 1.29 is 8.42 Å². The van der Waals surface area contributed by atoms with Gasteiger partial charge in [0, 0.05) is 26.2 Å². The molecule has 0 aromatic rings. The van der Waals surface area contributed by atoms with Gasteiger partial charge in [-0.05, 0) is 20.3 Å². The SMILES string of the molecule is CCCCN=C(NCC)NCCNS(=O)(=O)CC.I. The van der Waals surface area contributed by atoms with E-state index in [1.54, 1.807) is 6.92 Å². The Labute approximate surface area is 134 Å². The molecule has 0 aromatic carbocycles. The Morgan fingerprint density at radius 2 is 1.79 bits per heavy atom. The fraction of sp³-hybridized carbons (Fsp3) is 0.909. The smallest absolute Gasteiger partial charge is 0.211 e. The molecule has 116 valence electrons. The summed E-state index contributed by atoms with van der Waals surface area (Å²) in [6.45, 7) is 8.20. The van der Waals surface area contributed by atoms with Crippen LogP contribution in [-0.4, -0.2) is 46.3 Å². The van der Waals surface area contributed by atoms with Crippen LogP contribution >= 0.6 is 24.0 Å². The second-order valence-electron chi connectivity index (χ2n) is 3.84. The summed E-state index contributed by atoms with van der Waals surface area (Å²) in [7, 11) is -3.10. The van der Waals surface area contributed by atoms with Gasteiger partial charge in [0.15, 0.2) is 5.96 Å². The van der Waals surface area contributed by atoms with Gasteiger partial charge in [0.1, 0.15) is 0 Å². The summed E-state index contributed by atoms with van der Waals surface area (Å²) in [5.74, 6) is 0.846. The lowest BCUT2D eigenvalue weighted by molar-refractivity contribution is 0.581. The molecule has 0 spiro atoms. The van der Waals surface area contributed by atoms with E-state index >= 15 is 0 Å². The average Bonchev–Trinajstić information content (AvgIpc) is 2.35. The largest absolute Gasteiger partial charge is 0.357 e. The molecule has 8 heteroatoms. The molecule has 0 aliphatic rings. The van der Waals surface area contributed by atoms with Crippen molar-refractivity contribution in [1.29, 1.82) is 0 Å². The summed E-state index contributed by atoms with van der Waals surface area (Å²) in [5.41, 5.74) is 0. The van der Waals surface area contributed by atoms with E-state index in [1.165, 1.54) is 0 Å². The number of nitrogens with zero attached hydrogens (tertiary/aromatic N) is 1. The zero-order chi connectivity index (χ0) is 13.9. The fourth-order valence-corrected chi connectivity index (χ4v) is 1.80. The zero-order valence-corrected chi connectivity index (χ0v) is 15.2. The van der Waals surface area contributed by atoms with E-state index in [9.17, 15) is 8.42 Å². The molecule has 0 aliphatic carbocycles. The van der Waals surface area contributed by atoms with Crippen molar-refractivity contribution in [2.75, 3.05) is 31.9 Å². The van der Waals surface area contributed by atoms with Crippen molar-refractivity contribution in [3.63, 3.8) is 0 Å². The highest BCUT2D eigenvalue weighted by molar-refractivity contribution is 14.0. The normalized spacial score (nSPS) is 11.8. The minimum atomic E-state index is -3.10. The molecule has 0 unspecified atom stereocenters. The van der Waals surface area contributed by atoms with Crippen molar-refractivity contribution in [3.05, 3.63) is 0 Å². The minimum Gasteiger partial charge on any atom is -0.357 e. The summed E-state index contributed by atoms with van der Waals surface area (Å²) in [5, 5.41) is 6.20. The van der Waals surface area contributed by atoms with E-state index in [1.807, 2.05) is 6.92 Å². The molecule has 0 aliphatic heterocycles. The highest BCUT2D eigenvalue weighted by atomic mass is 127. The van der Waals surface area contributed by atoms with E-state index in [2.05, 4.69) is 27.3 Å². The van der Waals surface area contributed by atoms with Crippen LogP contribution in [0.5, 0.6) is 0 Å². The topological polar surface area (TPSA) is 82.6 Å². The lowest BCUT2D eigenvalue weighted by atomic mass is 10.3. The van der Waals surface area contributed by atoms with Gasteiger partial charge in [-0.15, -0.1) is 24.0 Å². The summed E-state index contributed by atoms with van der Waals surface area (Å²) in [6, 6.07) is 0. The van der Waals surface area contributed by atoms with Crippen LogP contribution in [-0.2, 0) is 10.0 Å². The van der Waals surface area contributed by atoms with Gasteiger partial charge in [-0.1, -0.05) is 13.3 Å². The van der Waals surface area contributed by atoms with Gasteiger partial charge in [0.25, 0.3) is 0 Å². The first-order valence-corrected chi connectivity index (χ1v) is 8.20. The molecule has 0 amide bonds. The number of hydrogen-bond acceptors (Lipinski definition) is 3. The summed E-state index contributed by atoms with van der Waals surface area (Å²) >= 11 is 0. The second-order valence-corrected chi connectivity index (χ2v) is 5.93. The molecule has 0 aromatic heterocycles. The Morgan fingerprint density at radius 1 is 1.11 bits per heavy atom. The summed E-state index contributed by atoms with van der Waals surface area (Å²) in [6.07, 6.45) is 2.16. The number of hydrogen-bond donors (Lipinski definition) is 3. The number of rotatable bonds is 9. The molecule has 0 atom stereocenters. The Morgan fingerprint density at radius 3 is 2.32 bits per heavy atom. The van der Waals surface area contributed by atoms with Gasteiger partial charge in [-0.3, -0.25) is 4.99 Å². The lowest BCUT2D eigenvalue weighted by Gasteiger charge is -2.11. The van der Waals surface area contributed by atoms with Crippen molar-refractivity contribution >= 4 is 40.0 Å². The van der Waals surface area contributed by atoms with Crippen LogP contribution in [0.3, 0.4) is 0 Å². The van der Waals surface area contributed by atoms with Crippen LogP contribution in [0.15, 0.2) is 4.99 Å². The molecule has 0 fully saturated rings. The second kappa shape index (κ2) is 12.9.